The lowest BCUT2D eigenvalue weighted by Gasteiger charge is -2.36. The van der Waals surface area contributed by atoms with Gasteiger partial charge in [-0.15, -0.1) is 0 Å². The Kier molecular flexibility index (Phi) is 4.30. The lowest BCUT2D eigenvalue weighted by atomic mass is 9.70. The minimum atomic E-state index is -0.751. The number of benzene rings is 1. The zero-order chi connectivity index (χ0) is 13.9. The molecule has 2 nitrogen and oxygen atoms in total. The van der Waals surface area contributed by atoms with Gasteiger partial charge in [-0.2, -0.15) is 0 Å². The molecule has 2 rings (SSSR count). The zero-order valence-corrected chi connectivity index (χ0v) is 11.1. The van der Waals surface area contributed by atoms with Crippen LogP contribution in [0.25, 0.3) is 0 Å². The van der Waals surface area contributed by atoms with Gasteiger partial charge < -0.3 is 5.32 Å². The maximum Gasteiger partial charge on any atom is 0.172 e. The molecule has 1 aromatic rings. The van der Waals surface area contributed by atoms with E-state index in [1.54, 1.807) is 0 Å². The average Bonchev–Trinajstić information content (AvgIpc) is 2.39. The Balaban J connectivity index is 2.33. The van der Waals surface area contributed by atoms with Gasteiger partial charge in [0, 0.05) is 11.5 Å². The van der Waals surface area contributed by atoms with Crippen LogP contribution in [0.5, 0.6) is 0 Å². The van der Waals surface area contributed by atoms with Gasteiger partial charge in [-0.25, -0.2) is 8.78 Å². The Bertz CT molecular complexity index is 462. The van der Waals surface area contributed by atoms with Crippen molar-refractivity contribution >= 4 is 5.78 Å². The van der Waals surface area contributed by atoms with E-state index in [1.165, 1.54) is 6.07 Å². The highest BCUT2D eigenvalue weighted by Gasteiger charge is 2.39. The predicted octanol–water partition coefficient (Wildman–Crippen LogP) is 3.32. The molecule has 0 aromatic heterocycles. The molecule has 0 radical (unpaired) electrons. The third kappa shape index (κ3) is 2.84. The smallest absolute Gasteiger partial charge is 0.172 e. The molecular weight excluding hydrogens is 248 g/mol. The van der Waals surface area contributed by atoms with Crippen molar-refractivity contribution in [3.05, 3.63) is 35.4 Å². The van der Waals surface area contributed by atoms with Gasteiger partial charge >= 0.3 is 0 Å². The van der Waals surface area contributed by atoms with Gasteiger partial charge in [0.2, 0.25) is 0 Å². The zero-order valence-electron chi connectivity index (χ0n) is 11.1. The first-order valence-electron chi connectivity index (χ1n) is 6.79. The van der Waals surface area contributed by atoms with Gasteiger partial charge in [0.25, 0.3) is 0 Å². The number of carbonyl (C=O) groups excluding carboxylic acids is 1. The molecule has 0 atom stereocenters. The Labute approximate surface area is 112 Å². The first-order chi connectivity index (χ1) is 9.09. The predicted molar refractivity (Wildman–Crippen MR) is 70.1 cm³/mol. The Morgan fingerprint density at radius 1 is 1.32 bits per heavy atom. The van der Waals surface area contributed by atoms with E-state index in [-0.39, 0.29) is 11.3 Å². The lowest BCUT2D eigenvalue weighted by Crippen LogP contribution is -2.42. The normalized spacial score (nSPS) is 18.3. The van der Waals surface area contributed by atoms with Crippen molar-refractivity contribution in [1.82, 2.24) is 5.32 Å². The second-order valence-corrected chi connectivity index (χ2v) is 5.23. The molecule has 1 aromatic carbocycles. The van der Waals surface area contributed by atoms with Crippen LogP contribution in [0, 0.1) is 17.0 Å². The maximum atomic E-state index is 13.8. The van der Waals surface area contributed by atoms with E-state index in [0.29, 0.717) is 0 Å². The molecule has 19 heavy (non-hydrogen) atoms. The number of nitrogens with one attached hydrogen (secondary N) is 1. The summed E-state index contributed by atoms with van der Waals surface area (Å²) in [5, 5.41) is 3.22. The van der Waals surface area contributed by atoms with Gasteiger partial charge in [0.05, 0.1) is 5.56 Å². The van der Waals surface area contributed by atoms with Crippen LogP contribution in [0.15, 0.2) is 18.2 Å². The average molecular weight is 267 g/mol. The molecular formula is C15H19F2NO. The van der Waals surface area contributed by atoms with E-state index >= 15 is 0 Å². The molecule has 104 valence electrons. The fourth-order valence-corrected chi connectivity index (χ4v) is 2.93. The first kappa shape index (κ1) is 14.1. The molecule has 1 fully saturated rings. The second-order valence-electron chi connectivity index (χ2n) is 5.23. The van der Waals surface area contributed by atoms with E-state index < -0.39 is 17.0 Å². The molecule has 1 saturated heterocycles. The third-order valence-electron chi connectivity index (χ3n) is 3.95. The monoisotopic (exact) mass is 267 g/mol. The Morgan fingerprint density at radius 3 is 2.58 bits per heavy atom. The second kappa shape index (κ2) is 5.78. The van der Waals surface area contributed by atoms with Crippen LogP contribution < -0.4 is 5.32 Å². The van der Waals surface area contributed by atoms with Crippen molar-refractivity contribution in [2.75, 3.05) is 13.1 Å². The van der Waals surface area contributed by atoms with Crippen molar-refractivity contribution in [3.8, 4) is 0 Å². The maximum absolute atomic E-state index is 13.8. The quantitative estimate of drug-likeness (QED) is 0.848. The topological polar surface area (TPSA) is 29.1 Å². The molecule has 0 amide bonds. The lowest BCUT2D eigenvalue weighted by molar-refractivity contribution is 0.0699. The number of hydrogen-bond donors (Lipinski definition) is 1. The van der Waals surface area contributed by atoms with Crippen molar-refractivity contribution < 1.29 is 13.6 Å². The molecule has 0 unspecified atom stereocenters. The number of rotatable bonds is 4. The fraction of sp³-hybridized carbons (Fsp3) is 0.533. The SMILES string of the molecule is CCCC1(C(=O)c2ccc(F)cc2F)CCNCC1. The highest BCUT2D eigenvalue weighted by molar-refractivity contribution is 6.00. The van der Waals surface area contributed by atoms with Gasteiger partial charge in [0.15, 0.2) is 5.78 Å². The molecule has 0 bridgehead atoms. The summed E-state index contributed by atoms with van der Waals surface area (Å²) in [6.45, 7) is 3.57. The molecule has 1 aliphatic heterocycles. The van der Waals surface area contributed by atoms with Crippen molar-refractivity contribution in [2.45, 2.75) is 32.6 Å². The fourth-order valence-electron chi connectivity index (χ4n) is 2.93. The van der Waals surface area contributed by atoms with Crippen LogP contribution in [0.4, 0.5) is 8.78 Å². The number of carbonyl (C=O) groups is 1. The molecule has 1 heterocycles. The standard InChI is InChI=1S/C15H19F2NO/c1-2-5-15(6-8-18-9-7-15)14(19)12-4-3-11(16)10-13(12)17/h3-4,10,18H,2,5-9H2,1H3. The summed E-state index contributed by atoms with van der Waals surface area (Å²) in [6, 6.07) is 3.21. The van der Waals surface area contributed by atoms with Crippen LogP contribution in [0.3, 0.4) is 0 Å². The highest BCUT2D eigenvalue weighted by atomic mass is 19.1. The number of hydrogen-bond acceptors (Lipinski definition) is 2. The van der Waals surface area contributed by atoms with E-state index in [1.807, 2.05) is 6.92 Å². The summed E-state index contributed by atoms with van der Waals surface area (Å²) in [6.07, 6.45) is 3.08. The molecule has 1 N–H and O–H groups in total. The molecule has 0 spiro atoms. The molecule has 0 aliphatic carbocycles. The van der Waals surface area contributed by atoms with Gasteiger partial charge in [0.1, 0.15) is 11.6 Å². The number of piperidine rings is 1. The van der Waals surface area contributed by atoms with Crippen LogP contribution >= 0.6 is 0 Å². The van der Waals surface area contributed by atoms with Gasteiger partial charge in [-0.3, -0.25) is 4.79 Å². The first-order valence-corrected chi connectivity index (χ1v) is 6.79. The minimum absolute atomic E-state index is 0.0248. The summed E-state index contributed by atoms with van der Waals surface area (Å²) in [5.41, 5.74) is -0.463. The molecule has 4 heteroatoms. The third-order valence-corrected chi connectivity index (χ3v) is 3.95. The van der Waals surface area contributed by atoms with Crippen LogP contribution in [-0.2, 0) is 0 Å². The van der Waals surface area contributed by atoms with Crippen molar-refractivity contribution in [1.29, 1.82) is 0 Å². The van der Waals surface area contributed by atoms with E-state index in [2.05, 4.69) is 5.32 Å². The summed E-state index contributed by atoms with van der Waals surface area (Å²) in [4.78, 5) is 12.7. The number of ketones is 1. The highest BCUT2D eigenvalue weighted by Crippen LogP contribution is 2.38. The number of halogens is 2. The van der Waals surface area contributed by atoms with E-state index in [9.17, 15) is 13.6 Å². The summed E-state index contributed by atoms with van der Waals surface area (Å²) >= 11 is 0. The van der Waals surface area contributed by atoms with Crippen molar-refractivity contribution in [3.63, 3.8) is 0 Å². The summed E-state index contributed by atoms with van der Waals surface area (Å²) < 4.78 is 26.7. The van der Waals surface area contributed by atoms with Crippen LogP contribution in [0.1, 0.15) is 43.0 Å². The molecule has 0 saturated carbocycles. The van der Waals surface area contributed by atoms with Gasteiger partial charge in [-0.1, -0.05) is 13.3 Å². The van der Waals surface area contributed by atoms with Gasteiger partial charge in [-0.05, 0) is 44.5 Å². The Morgan fingerprint density at radius 2 is 2.00 bits per heavy atom. The van der Waals surface area contributed by atoms with Crippen LogP contribution in [-0.4, -0.2) is 18.9 Å². The summed E-state index contributed by atoms with van der Waals surface area (Å²) in [7, 11) is 0. The van der Waals surface area contributed by atoms with Crippen LogP contribution in [0.2, 0.25) is 0 Å². The Hall–Kier alpha value is -1.29. The summed E-state index contributed by atoms with van der Waals surface area (Å²) in [5.74, 6) is -1.57. The van der Waals surface area contributed by atoms with E-state index in [0.717, 1.165) is 50.9 Å². The largest absolute Gasteiger partial charge is 0.317 e. The minimum Gasteiger partial charge on any atom is -0.317 e. The molecule has 1 aliphatic rings. The number of Topliss-reactive ketones (excluding diaryl/α,β-unsaturated/α-hetero) is 1. The van der Waals surface area contributed by atoms with Crippen molar-refractivity contribution in [2.24, 2.45) is 5.41 Å². The van der Waals surface area contributed by atoms with E-state index in [4.69, 9.17) is 0 Å².